The van der Waals surface area contributed by atoms with E-state index in [1.165, 1.54) is 0 Å². The molecule has 3 aromatic rings. The number of hydrogen-bond donors (Lipinski definition) is 1. The maximum atomic E-state index is 13.5. The summed E-state index contributed by atoms with van der Waals surface area (Å²) in [7, 11) is 0.245. The Morgan fingerprint density at radius 3 is 2.54 bits per heavy atom. The smallest absolute Gasteiger partial charge is 0.237 e. The van der Waals surface area contributed by atoms with Gasteiger partial charge >= 0.3 is 0 Å². The summed E-state index contributed by atoms with van der Waals surface area (Å²) in [5.74, 6) is 1.66. The Morgan fingerprint density at radius 2 is 1.84 bits per heavy atom. The normalized spacial score (nSPS) is 23.2. The zero-order valence-electron chi connectivity index (χ0n) is 21.1. The van der Waals surface area contributed by atoms with Gasteiger partial charge < -0.3 is 14.8 Å². The van der Waals surface area contributed by atoms with Crippen LogP contribution in [0.15, 0.2) is 65.6 Å². The first-order valence-electron chi connectivity index (χ1n) is 12.5. The molecule has 0 unspecified atom stereocenters. The zero-order valence-corrected chi connectivity index (χ0v) is 22.7. The first-order chi connectivity index (χ1) is 17.8. The molecule has 2 saturated heterocycles. The highest BCUT2D eigenvalue weighted by molar-refractivity contribution is 8.00. The predicted molar refractivity (Wildman–Crippen MR) is 147 cm³/mol. The van der Waals surface area contributed by atoms with E-state index < -0.39 is 9.84 Å². The Bertz CT molecular complexity index is 1380. The molecule has 0 aromatic heterocycles. The molecule has 0 spiro atoms. The van der Waals surface area contributed by atoms with E-state index in [4.69, 9.17) is 9.47 Å². The molecule has 7 nitrogen and oxygen atoms in total. The fourth-order valence-corrected chi connectivity index (χ4v) is 8.22. The van der Waals surface area contributed by atoms with Gasteiger partial charge in [-0.05, 0) is 53.9 Å². The Hall–Kier alpha value is -2.75. The average molecular weight is 541 g/mol. The van der Waals surface area contributed by atoms with E-state index in [1.807, 2.05) is 42.5 Å². The van der Waals surface area contributed by atoms with E-state index in [-0.39, 0.29) is 34.7 Å². The van der Waals surface area contributed by atoms with Gasteiger partial charge in [-0.15, -0.1) is 11.8 Å². The number of methoxy groups -OCH3 is 2. The predicted octanol–water partition coefficient (Wildman–Crippen LogP) is 3.90. The number of hydrogen-bond acceptors (Lipinski definition) is 7. The van der Waals surface area contributed by atoms with Crippen LogP contribution in [0.3, 0.4) is 0 Å². The van der Waals surface area contributed by atoms with Crippen molar-refractivity contribution < 1.29 is 22.7 Å². The minimum atomic E-state index is -3.08. The van der Waals surface area contributed by atoms with Crippen LogP contribution in [0.1, 0.15) is 18.4 Å². The van der Waals surface area contributed by atoms with Crippen molar-refractivity contribution >= 4 is 38.3 Å². The van der Waals surface area contributed by atoms with Gasteiger partial charge in [-0.2, -0.15) is 0 Å². The van der Waals surface area contributed by atoms with Gasteiger partial charge in [-0.1, -0.05) is 30.3 Å². The largest absolute Gasteiger partial charge is 0.497 e. The summed E-state index contributed by atoms with van der Waals surface area (Å²) in [6, 6.07) is 19.5. The lowest BCUT2D eigenvalue weighted by Crippen LogP contribution is -2.47. The quantitative estimate of drug-likeness (QED) is 0.464. The summed E-state index contributed by atoms with van der Waals surface area (Å²) < 4.78 is 34.9. The molecular formula is C28H32N2O5S2. The molecule has 3 aromatic carbocycles. The highest BCUT2D eigenvalue weighted by atomic mass is 32.2. The van der Waals surface area contributed by atoms with Gasteiger partial charge in [0.1, 0.15) is 11.5 Å². The summed E-state index contributed by atoms with van der Waals surface area (Å²) in [6.07, 6.45) is 1.15. The van der Waals surface area contributed by atoms with Crippen LogP contribution in [0.4, 0.5) is 0 Å². The molecule has 0 bridgehead atoms. The first-order valence-corrected chi connectivity index (χ1v) is 15.2. The van der Waals surface area contributed by atoms with Gasteiger partial charge in [0.05, 0.1) is 31.8 Å². The number of thioether (sulfide) groups is 1. The number of likely N-dealkylation sites (tertiary alicyclic amines) is 1. The highest BCUT2D eigenvalue weighted by Gasteiger charge is 2.39. The summed E-state index contributed by atoms with van der Waals surface area (Å²) >= 11 is 1.76. The summed E-state index contributed by atoms with van der Waals surface area (Å²) in [5.41, 5.74) is 1.05. The third kappa shape index (κ3) is 5.89. The number of nitrogens with one attached hydrogen (secondary N) is 1. The Balaban J connectivity index is 1.40. The lowest BCUT2D eigenvalue weighted by Gasteiger charge is -2.26. The minimum absolute atomic E-state index is 0.0205. The number of benzene rings is 3. The molecule has 2 fully saturated rings. The van der Waals surface area contributed by atoms with E-state index in [0.29, 0.717) is 19.4 Å². The molecule has 37 heavy (non-hydrogen) atoms. The van der Waals surface area contributed by atoms with Crippen LogP contribution >= 0.6 is 11.8 Å². The van der Waals surface area contributed by atoms with Gasteiger partial charge in [-0.3, -0.25) is 9.69 Å². The van der Waals surface area contributed by atoms with Gasteiger partial charge in [0.25, 0.3) is 0 Å². The van der Waals surface area contributed by atoms with Crippen LogP contribution < -0.4 is 14.8 Å². The Morgan fingerprint density at radius 1 is 1.05 bits per heavy atom. The summed E-state index contributed by atoms with van der Waals surface area (Å²) in [4.78, 5) is 16.8. The molecule has 5 rings (SSSR count). The molecular weight excluding hydrogens is 508 g/mol. The lowest BCUT2D eigenvalue weighted by molar-refractivity contribution is -0.126. The number of amides is 1. The average Bonchev–Trinajstić information content (AvgIpc) is 3.46. The van der Waals surface area contributed by atoms with Crippen molar-refractivity contribution in [2.45, 2.75) is 41.6 Å². The molecule has 0 aliphatic carbocycles. The number of ether oxygens (including phenoxy) is 2. The fraction of sp³-hybridized carbons (Fsp3) is 0.393. The van der Waals surface area contributed by atoms with Gasteiger partial charge in [0.2, 0.25) is 5.91 Å². The van der Waals surface area contributed by atoms with Crippen LogP contribution in [0.25, 0.3) is 10.8 Å². The number of nitrogens with zero attached hydrogens (tertiary/aromatic N) is 1. The number of sulfone groups is 1. The van der Waals surface area contributed by atoms with Crippen molar-refractivity contribution in [2.75, 3.05) is 32.3 Å². The maximum Gasteiger partial charge on any atom is 0.237 e. The van der Waals surface area contributed by atoms with Crippen molar-refractivity contribution in [3.63, 3.8) is 0 Å². The van der Waals surface area contributed by atoms with Gasteiger partial charge in [0.15, 0.2) is 9.84 Å². The molecule has 9 heteroatoms. The molecule has 1 N–H and O–H groups in total. The third-order valence-corrected chi connectivity index (χ3v) is 10.2. The summed E-state index contributed by atoms with van der Waals surface area (Å²) in [5, 5.41) is 5.48. The number of carbonyl (C=O) groups excluding carboxylic acids is 1. The molecule has 2 aliphatic rings. The highest BCUT2D eigenvalue weighted by Crippen LogP contribution is 2.37. The Labute approximate surface area is 222 Å². The van der Waals surface area contributed by atoms with Crippen LogP contribution in [0.5, 0.6) is 11.5 Å². The molecule has 196 valence electrons. The Kier molecular flexibility index (Phi) is 7.65. The third-order valence-electron chi connectivity index (χ3n) is 7.19. The van der Waals surface area contributed by atoms with Crippen LogP contribution in [0.2, 0.25) is 0 Å². The molecule has 2 heterocycles. The molecule has 2 aliphatic heterocycles. The minimum Gasteiger partial charge on any atom is -0.497 e. The monoisotopic (exact) mass is 540 g/mol. The number of rotatable bonds is 8. The second kappa shape index (κ2) is 10.9. The zero-order chi connectivity index (χ0) is 26.0. The lowest BCUT2D eigenvalue weighted by atomic mass is 10.0. The molecule has 1 amide bonds. The first kappa shape index (κ1) is 25.9. The van der Waals surface area contributed by atoms with E-state index >= 15 is 0 Å². The summed E-state index contributed by atoms with van der Waals surface area (Å²) in [6.45, 7) is 1.29. The van der Waals surface area contributed by atoms with Crippen molar-refractivity contribution in [1.82, 2.24) is 10.2 Å². The second-order valence-electron chi connectivity index (χ2n) is 9.67. The van der Waals surface area contributed by atoms with Crippen molar-refractivity contribution in [2.24, 2.45) is 0 Å². The number of carbonyl (C=O) groups is 1. The molecule has 3 atom stereocenters. The second-order valence-corrected chi connectivity index (χ2v) is 13.3. The van der Waals surface area contributed by atoms with E-state index in [9.17, 15) is 13.2 Å². The van der Waals surface area contributed by atoms with Gasteiger partial charge in [-0.25, -0.2) is 8.42 Å². The molecule has 0 saturated carbocycles. The van der Waals surface area contributed by atoms with Crippen LogP contribution in [-0.2, 0) is 21.2 Å². The molecule has 0 radical (unpaired) electrons. The maximum absolute atomic E-state index is 13.5. The van der Waals surface area contributed by atoms with E-state index in [2.05, 4.69) is 28.4 Å². The van der Waals surface area contributed by atoms with Crippen molar-refractivity contribution in [3.8, 4) is 11.5 Å². The standard InChI is InChI=1S/C28H32N2O5S2/c1-34-21-8-10-22(11-9-21)36-23-15-26(28(31)29-20-13-14-37(32,33)18-20)30(16-23)17-25-24-6-4-3-5-19(24)7-12-27(25)35-2/h3-12,20,23,26H,13-18H2,1-2H3,(H,29,31)/t20-,23-,26+/m1/s1. The van der Waals surface area contributed by atoms with Crippen molar-refractivity contribution in [1.29, 1.82) is 0 Å². The topological polar surface area (TPSA) is 84.9 Å². The fourth-order valence-electron chi connectivity index (χ4n) is 5.32. The van der Waals surface area contributed by atoms with Crippen LogP contribution in [-0.4, -0.2) is 68.8 Å². The SMILES string of the molecule is COc1ccc(S[C@@H]2C[C@@H](C(=O)N[C@@H]3CCS(=O)(=O)C3)N(Cc3c(OC)ccc4ccccc34)C2)cc1. The van der Waals surface area contributed by atoms with E-state index in [1.54, 1.807) is 26.0 Å². The van der Waals surface area contributed by atoms with Crippen molar-refractivity contribution in [3.05, 3.63) is 66.2 Å². The van der Waals surface area contributed by atoms with E-state index in [0.717, 1.165) is 39.3 Å². The van der Waals surface area contributed by atoms with Crippen LogP contribution in [0, 0.1) is 0 Å². The van der Waals surface area contributed by atoms with Gasteiger partial charge in [0, 0.05) is 34.8 Å². The number of fused-ring (bicyclic) bond motifs is 1.